The van der Waals surface area contributed by atoms with E-state index < -0.39 is 0 Å². The first-order chi connectivity index (χ1) is 12.2. The minimum atomic E-state index is -0.364. The number of benzene rings is 1. The first-order valence-corrected chi connectivity index (χ1v) is 8.25. The summed E-state index contributed by atoms with van der Waals surface area (Å²) < 4.78 is 6.23. The van der Waals surface area contributed by atoms with Gasteiger partial charge in [0.2, 0.25) is 0 Å². The minimum Gasteiger partial charge on any atom is -0.468 e. The number of rotatable bonds is 4. The average molecular weight is 337 g/mol. The molecule has 0 spiro atoms. The van der Waals surface area contributed by atoms with Gasteiger partial charge in [-0.2, -0.15) is 5.10 Å². The molecule has 0 aliphatic heterocycles. The van der Waals surface area contributed by atoms with Crippen LogP contribution in [0.5, 0.6) is 0 Å². The van der Waals surface area contributed by atoms with Crippen LogP contribution < -0.4 is 5.32 Å². The lowest BCUT2D eigenvalue weighted by molar-refractivity contribution is -0.141. The number of fused-ring (bicyclic) bond motifs is 2. The van der Waals surface area contributed by atoms with Crippen LogP contribution in [0.15, 0.2) is 36.8 Å². The fraction of sp³-hybridized carbons (Fsp3) is 0.333. The predicted octanol–water partition coefficient (Wildman–Crippen LogP) is 2.34. The Kier molecular flexibility index (Phi) is 3.83. The van der Waals surface area contributed by atoms with Crippen molar-refractivity contribution in [1.29, 1.82) is 0 Å². The first kappa shape index (κ1) is 15.6. The quantitative estimate of drug-likeness (QED) is 0.736. The Bertz CT molecular complexity index is 936. The van der Waals surface area contributed by atoms with Crippen LogP contribution in [-0.4, -0.2) is 32.8 Å². The molecular formula is C18H19N5O2. The molecule has 0 amide bonds. The van der Waals surface area contributed by atoms with E-state index in [0.29, 0.717) is 11.6 Å². The minimum absolute atomic E-state index is 0.0269. The smallest absolute Gasteiger partial charge is 0.327 e. The van der Waals surface area contributed by atoms with Gasteiger partial charge in [0.05, 0.1) is 24.7 Å². The summed E-state index contributed by atoms with van der Waals surface area (Å²) in [7, 11) is 1.36. The van der Waals surface area contributed by atoms with Gasteiger partial charge >= 0.3 is 5.97 Å². The molecule has 3 aromatic rings. The number of hydrogen-bond donors (Lipinski definition) is 1. The Morgan fingerprint density at radius 1 is 1.36 bits per heavy atom. The Hall–Kier alpha value is -2.96. The van der Waals surface area contributed by atoms with Crippen molar-refractivity contribution < 1.29 is 9.53 Å². The molecule has 0 bridgehead atoms. The number of nitrogens with zero attached hydrogens (tertiary/aromatic N) is 4. The second kappa shape index (κ2) is 6.16. The highest BCUT2D eigenvalue weighted by Gasteiger charge is 2.29. The van der Waals surface area contributed by atoms with Crippen molar-refractivity contribution in [3.63, 3.8) is 0 Å². The Labute approximate surface area is 145 Å². The standard InChI is InChI=1S/C18H19N5O2/c1-11-7-12-5-3-4-6-13(12)16(11)22-17-14-8-21-23(9-15(24)25-2)18(14)20-10-19-17/h3-6,8,10-11,16H,7,9H2,1-2H3,(H,19,20,22)/t11-,16+/m1/s1. The van der Waals surface area contributed by atoms with Crippen molar-refractivity contribution in [3.05, 3.63) is 47.9 Å². The molecule has 4 rings (SSSR count). The van der Waals surface area contributed by atoms with E-state index in [0.717, 1.165) is 17.6 Å². The van der Waals surface area contributed by atoms with Gasteiger partial charge in [-0.05, 0) is 23.5 Å². The first-order valence-electron chi connectivity index (χ1n) is 8.25. The van der Waals surface area contributed by atoms with Crippen LogP contribution in [-0.2, 0) is 22.5 Å². The molecule has 0 saturated carbocycles. The molecule has 2 aromatic heterocycles. The van der Waals surface area contributed by atoms with Gasteiger partial charge in [0, 0.05) is 0 Å². The van der Waals surface area contributed by atoms with Gasteiger partial charge in [-0.15, -0.1) is 0 Å². The molecule has 0 unspecified atom stereocenters. The van der Waals surface area contributed by atoms with Crippen LogP contribution in [0.1, 0.15) is 24.1 Å². The summed E-state index contributed by atoms with van der Waals surface area (Å²) in [5.74, 6) is 0.832. The van der Waals surface area contributed by atoms with Crippen molar-refractivity contribution in [2.75, 3.05) is 12.4 Å². The number of carbonyl (C=O) groups excluding carboxylic acids is 1. The predicted molar refractivity (Wildman–Crippen MR) is 93.0 cm³/mol. The van der Waals surface area contributed by atoms with Crippen molar-refractivity contribution in [2.45, 2.75) is 25.9 Å². The molecule has 0 radical (unpaired) electrons. The second-order valence-electron chi connectivity index (χ2n) is 6.34. The molecular weight excluding hydrogens is 318 g/mol. The van der Waals surface area contributed by atoms with Gasteiger partial charge in [0.1, 0.15) is 18.7 Å². The Morgan fingerprint density at radius 2 is 2.20 bits per heavy atom. The molecule has 2 atom stereocenters. The summed E-state index contributed by atoms with van der Waals surface area (Å²) in [5.41, 5.74) is 3.30. The van der Waals surface area contributed by atoms with Crippen LogP contribution in [0.4, 0.5) is 5.82 Å². The zero-order valence-corrected chi connectivity index (χ0v) is 14.1. The van der Waals surface area contributed by atoms with E-state index in [1.165, 1.54) is 29.2 Å². The van der Waals surface area contributed by atoms with E-state index >= 15 is 0 Å². The number of methoxy groups -OCH3 is 1. The maximum atomic E-state index is 11.5. The fourth-order valence-corrected chi connectivity index (χ4v) is 3.47. The van der Waals surface area contributed by atoms with E-state index in [1.807, 2.05) is 0 Å². The molecule has 128 valence electrons. The van der Waals surface area contributed by atoms with Crippen molar-refractivity contribution in [1.82, 2.24) is 19.7 Å². The van der Waals surface area contributed by atoms with Crippen LogP contribution >= 0.6 is 0 Å². The summed E-state index contributed by atoms with van der Waals surface area (Å²) in [4.78, 5) is 20.2. The largest absolute Gasteiger partial charge is 0.468 e. The third kappa shape index (κ3) is 2.71. The summed E-state index contributed by atoms with van der Waals surface area (Å²) in [5, 5.41) is 8.60. The molecule has 25 heavy (non-hydrogen) atoms. The van der Waals surface area contributed by atoms with E-state index in [9.17, 15) is 4.79 Å². The van der Waals surface area contributed by atoms with Crippen molar-refractivity contribution in [3.8, 4) is 0 Å². The molecule has 1 aromatic carbocycles. The van der Waals surface area contributed by atoms with E-state index in [-0.39, 0.29) is 18.6 Å². The lowest BCUT2D eigenvalue weighted by Crippen LogP contribution is -2.16. The summed E-state index contributed by atoms with van der Waals surface area (Å²) in [6, 6.07) is 8.68. The highest BCUT2D eigenvalue weighted by molar-refractivity contribution is 5.87. The number of anilines is 1. The van der Waals surface area contributed by atoms with Crippen molar-refractivity contribution >= 4 is 22.8 Å². The average Bonchev–Trinajstić information content (AvgIpc) is 3.17. The SMILES string of the molecule is COC(=O)Cn1ncc2c(N[C@@H]3c4ccccc4C[C@H]3C)ncnc21. The van der Waals surface area contributed by atoms with Crippen LogP contribution in [0, 0.1) is 5.92 Å². The molecule has 0 saturated heterocycles. The number of ether oxygens (including phenoxy) is 1. The third-order valence-corrected chi connectivity index (χ3v) is 4.73. The number of nitrogens with one attached hydrogen (secondary N) is 1. The van der Waals surface area contributed by atoms with Gasteiger partial charge in [-0.3, -0.25) is 4.79 Å². The van der Waals surface area contributed by atoms with Crippen LogP contribution in [0.3, 0.4) is 0 Å². The number of esters is 1. The summed E-state index contributed by atoms with van der Waals surface area (Å²) >= 11 is 0. The molecule has 7 nitrogen and oxygen atoms in total. The van der Waals surface area contributed by atoms with Crippen molar-refractivity contribution in [2.24, 2.45) is 5.92 Å². The fourth-order valence-electron chi connectivity index (χ4n) is 3.47. The maximum absolute atomic E-state index is 11.5. The normalized spacial score (nSPS) is 19.0. The van der Waals surface area contributed by atoms with E-state index in [1.54, 1.807) is 6.20 Å². The highest BCUT2D eigenvalue weighted by Crippen LogP contribution is 2.38. The highest BCUT2D eigenvalue weighted by atomic mass is 16.5. The van der Waals surface area contributed by atoms with Gasteiger partial charge in [-0.25, -0.2) is 14.6 Å². The zero-order valence-electron chi connectivity index (χ0n) is 14.1. The topological polar surface area (TPSA) is 81.9 Å². The van der Waals surface area contributed by atoms with Crippen LogP contribution in [0.25, 0.3) is 11.0 Å². The van der Waals surface area contributed by atoms with Crippen LogP contribution in [0.2, 0.25) is 0 Å². The molecule has 1 N–H and O–H groups in total. The van der Waals surface area contributed by atoms with E-state index in [4.69, 9.17) is 4.74 Å². The monoisotopic (exact) mass is 337 g/mol. The van der Waals surface area contributed by atoms with E-state index in [2.05, 4.69) is 51.6 Å². The van der Waals surface area contributed by atoms with Gasteiger partial charge in [0.25, 0.3) is 0 Å². The number of hydrogen-bond acceptors (Lipinski definition) is 6. The maximum Gasteiger partial charge on any atom is 0.327 e. The number of aromatic nitrogens is 4. The second-order valence-corrected chi connectivity index (χ2v) is 6.34. The molecule has 1 aliphatic rings. The summed E-state index contributed by atoms with van der Waals surface area (Å²) in [6.07, 6.45) is 4.22. The van der Waals surface area contributed by atoms with Gasteiger partial charge < -0.3 is 10.1 Å². The lowest BCUT2D eigenvalue weighted by Gasteiger charge is -2.19. The molecule has 7 heteroatoms. The lowest BCUT2D eigenvalue weighted by atomic mass is 10.0. The third-order valence-electron chi connectivity index (χ3n) is 4.73. The Balaban J connectivity index is 1.68. The molecule has 1 aliphatic carbocycles. The Morgan fingerprint density at radius 3 is 3.04 bits per heavy atom. The number of carbonyl (C=O) groups is 1. The van der Waals surface area contributed by atoms with Gasteiger partial charge in [-0.1, -0.05) is 31.2 Å². The zero-order chi connectivity index (χ0) is 17.4. The molecule has 2 heterocycles. The molecule has 0 fully saturated rings. The summed E-state index contributed by atoms with van der Waals surface area (Å²) in [6.45, 7) is 2.26. The van der Waals surface area contributed by atoms with Gasteiger partial charge in [0.15, 0.2) is 5.65 Å².